The lowest BCUT2D eigenvalue weighted by Crippen LogP contribution is -2.41. The summed E-state index contributed by atoms with van der Waals surface area (Å²) in [5.74, 6) is 0.504. The lowest BCUT2D eigenvalue weighted by molar-refractivity contribution is 0.457. The molecule has 2 rings (SSSR count). The zero-order valence-electron chi connectivity index (χ0n) is 13.1. The molecule has 0 spiro atoms. The predicted octanol–water partition coefficient (Wildman–Crippen LogP) is 2.54. The van der Waals surface area contributed by atoms with Crippen molar-refractivity contribution in [1.82, 2.24) is 9.78 Å². The SMILES string of the molecule is CCN(c1cnn(C(C)C)c(=O)c1Br)C1CCCC1CN. The van der Waals surface area contributed by atoms with Gasteiger partial charge in [0, 0.05) is 12.6 Å². The average molecular weight is 357 g/mol. The second-order valence-electron chi connectivity index (χ2n) is 5.97. The second-order valence-corrected chi connectivity index (χ2v) is 6.76. The van der Waals surface area contributed by atoms with E-state index in [4.69, 9.17) is 5.73 Å². The Morgan fingerprint density at radius 3 is 2.81 bits per heavy atom. The van der Waals surface area contributed by atoms with Crippen molar-refractivity contribution in [2.75, 3.05) is 18.0 Å². The first-order valence-electron chi connectivity index (χ1n) is 7.75. The largest absolute Gasteiger partial charge is 0.366 e. The normalized spacial score (nSPS) is 22.0. The van der Waals surface area contributed by atoms with Crippen LogP contribution in [0.2, 0.25) is 0 Å². The fourth-order valence-electron chi connectivity index (χ4n) is 3.29. The third-order valence-corrected chi connectivity index (χ3v) is 5.13. The molecule has 1 aliphatic carbocycles. The number of rotatable bonds is 5. The zero-order chi connectivity index (χ0) is 15.6. The molecule has 0 aromatic carbocycles. The van der Waals surface area contributed by atoms with Crippen molar-refractivity contribution in [1.29, 1.82) is 0 Å². The molecule has 1 fully saturated rings. The van der Waals surface area contributed by atoms with Gasteiger partial charge in [-0.3, -0.25) is 4.79 Å². The number of halogens is 1. The van der Waals surface area contributed by atoms with Gasteiger partial charge in [-0.1, -0.05) is 6.42 Å². The summed E-state index contributed by atoms with van der Waals surface area (Å²) in [6.45, 7) is 7.59. The minimum atomic E-state index is -0.0664. The summed E-state index contributed by atoms with van der Waals surface area (Å²) < 4.78 is 2.12. The van der Waals surface area contributed by atoms with Gasteiger partial charge in [-0.15, -0.1) is 0 Å². The average Bonchev–Trinajstić information content (AvgIpc) is 2.92. The number of hydrogen-bond donors (Lipinski definition) is 1. The molecule has 21 heavy (non-hydrogen) atoms. The van der Waals surface area contributed by atoms with Crippen LogP contribution in [0.1, 0.15) is 46.1 Å². The Kier molecular flexibility index (Phi) is 5.43. The molecule has 1 aromatic heterocycles. The Morgan fingerprint density at radius 2 is 2.24 bits per heavy atom. The molecule has 2 unspecified atom stereocenters. The van der Waals surface area contributed by atoms with Crippen molar-refractivity contribution in [3.63, 3.8) is 0 Å². The van der Waals surface area contributed by atoms with Crippen molar-refractivity contribution in [3.8, 4) is 0 Å². The van der Waals surface area contributed by atoms with Gasteiger partial charge >= 0.3 is 0 Å². The van der Waals surface area contributed by atoms with E-state index in [0.29, 0.717) is 23.0 Å². The molecule has 1 heterocycles. The summed E-state index contributed by atoms with van der Waals surface area (Å²) >= 11 is 3.48. The molecule has 5 nitrogen and oxygen atoms in total. The maximum atomic E-state index is 12.4. The van der Waals surface area contributed by atoms with Gasteiger partial charge < -0.3 is 10.6 Å². The molecule has 1 aromatic rings. The summed E-state index contributed by atoms with van der Waals surface area (Å²) in [7, 11) is 0. The first-order valence-corrected chi connectivity index (χ1v) is 8.54. The lowest BCUT2D eigenvalue weighted by Gasteiger charge is -2.34. The molecule has 0 saturated heterocycles. The van der Waals surface area contributed by atoms with Gasteiger partial charge in [0.25, 0.3) is 5.56 Å². The standard InChI is InChI=1S/C15H25BrN4O/c1-4-19(12-7-5-6-11(12)8-17)13-9-18-20(10(2)3)15(21)14(13)16/h9-12H,4-8,17H2,1-3H3. The molecular weight excluding hydrogens is 332 g/mol. The first kappa shape index (κ1) is 16.5. The minimum absolute atomic E-state index is 0.0567. The second kappa shape index (κ2) is 6.92. The maximum Gasteiger partial charge on any atom is 0.283 e. The van der Waals surface area contributed by atoms with Crippen LogP contribution in [0.4, 0.5) is 5.69 Å². The Balaban J connectivity index is 2.39. The topological polar surface area (TPSA) is 64.2 Å². The van der Waals surface area contributed by atoms with E-state index in [9.17, 15) is 4.79 Å². The van der Waals surface area contributed by atoms with Crippen molar-refractivity contribution >= 4 is 21.6 Å². The van der Waals surface area contributed by atoms with Gasteiger partial charge in [0.05, 0.1) is 17.9 Å². The molecule has 0 bridgehead atoms. The van der Waals surface area contributed by atoms with E-state index in [1.165, 1.54) is 17.5 Å². The number of nitrogens with zero attached hydrogens (tertiary/aromatic N) is 3. The van der Waals surface area contributed by atoms with E-state index in [1.807, 2.05) is 13.8 Å². The van der Waals surface area contributed by atoms with Gasteiger partial charge in [-0.05, 0) is 62.0 Å². The maximum absolute atomic E-state index is 12.4. The highest BCUT2D eigenvalue weighted by molar-refractivity contribution is 9.10. The van der Waals surface area contributed by atoms with Gasteiger partial charge in [0.1, 0.15) is 4.47 Å². The fourth-order valence-corrected chi connectivity index (χ4v) is 3.80. The third kappa shape index (κ3) is 3.16. The zero-order valence-corrected chi connectivity index (χ0v) is 14.6. The van der Waals surface area contributed by atoms with Crippen molar-refractivity contribution < 1.29 is 0 Å². The molecule has 1 saturated carbocycles. The van der Waals surface area contributed by atoms with Crippen LogP contribution < -0.4 is 16.2 Å². The van der Waals surface area contributed by atoms with Crippen LogP contribution >= 0.6 is 15.9 Å². The lowest BCUT2D eigenvalue weighted by atomic mass is 10.0. The van der Waals surface area contributed by atoms with E-state index < -0.39 is 0 Å². The Morgan fingerprint density at radius 1 is 1.52 bits per heavy atom. The smallest absolute Gasteiger partial charge is 0.283 e. The highest BCUT2D eigenvalue weighted by Gasteiger charge is 2.32. The Labute approximate surface area is 134 Å². The van der Waals surface area contributed by atoms with Crippen molar-refractivity contribution in [2.45, 2.75) is 52.1 Å². The Hall–Kier alpha value is -0.880. The van der Waals surface area contributed by atoms with Gasteiger partial charge in [0.15, 0.2) is 0 Å². The van der Waals surface area contributed by atoms with Crippen LogP contribution in [0.5, 0.6) is 0 Å². The van der Waals surface area contributed by atoms with Crippen LogP contribution in [0.15, 0.2) is 15.5 Å². The molecular formula is C15H25BrN4O. The van der Waals surface area contributed by atoms with Crippen LogP contribution in [-0.4, -0.2) is 28.9 Å². The molecule has 0 amide bonds. The minimum Gasteiger partial charge on any atom is -0.366 e. The van der Waals surface area contributed by atoms with Crippen molar-refractivity contribution in [3.05, 3.63) is 21.0 Å². The van der Waals surface area contributed by atoms with E-state index in [0.717, 1.165) is 18.7 Å². The summed E-state index contributed by atoms with van der Waals surface area (Å²) in [6, 6.07) is 0.466. The molecule has 2 atom stereocenters. The predicted molar refractivity (Wildman–Crippen MR) is 89.8 cm³/mol. The number of nitrogens with two attached hydrogens (primary N) is 1. The van der Waals surface area contributed by atoms with E-state index in [2.05, 4.69) is 32.9 Å². The van der Waals surface area contributed by atoms with Crippen molar-refractivity contribution in [2.24, 2.45) is 11.7 Å². The van der Waals surface area contributed by atoms with Gasteiger partial charge in [0.2, 0.25) is 0 Å². The quantitative estimate of drug-likeness (QED) is 0.880. The number of aromatic nitrogens is 2. The van der Waals surface area contributed by atoms with E-state index in [1.54, 1.807) is 6.20 Å². The summed E-state index contributed by atoms with van der Waals surface area (Å²) in [5.41, 5.74) is 6.73. The Bertz CT molecular complexity index is 543. The highest BCUT2D eigenvalue weighted by Crippen LogP contribution is 2.34. The van der Waals surface area contributed by atoms with Gasteiger partial charge in [-0.2, -0.15) is 5.10 Å². The van der Waals surface area contributed by atoms with E-state index in [-0.39, 0.29) is 11.6 Å². The molecule has 1 aliphatic rings. The number of anilines is 1. The van der Waals surface area contributed by atoms with Crippen LogP contribution in [0.25, 0.3) is 0 Å². The molecule has 118 valence electrons. The van der Waals surface area contributed by atoms with Crippen LogP contribution in [-0.2, 0) is 0 Å². The van der Waals surface area contributed by atoms with Crippen LogP contribution in [0.3, 0.4) is 0 Å². The molecule has 0 aliphatic heterocycles. The molecule has 0 radical (unpaired) electrons. The summed E-state index contributed by atoms with van der Waals surface area (Å²) in [5, 5.41) is 4.33. The first-order chi connectivity index (χ1) is 10.0. The summed E-state index contributed by atoms with van der Waals surface area (Å²) in [6.07, 6.45) is 5.32. The summed E-state index contributed by atoms with van der Waals surface area (Å²) in [4.78, 5) is 14.7. The van der Waals surface area contributed by atoms with E-state index >= 15 is 0 Å². The van der Waals surface area contributed by atoms with Crippen LogP contribution in [0, 0.1) is 5.92 Å². The number of hydrogen-bond acceptors (Lipinski definition) is 4. The third-order valence-electron chi connectivity index (χ3n) is 4.39. The highest BCUT2D eigenvalue weighted by atomic mass is 79.9. The molecule has 6 heteroatoms. The fraction of sp³-hybridized carbons (Fsp3) is 0.733. The molecule has 2 N–H and O–H groups in total. The monoisotopic (exact) mass is 356 g/mol. The van der Waals surface area contributed by atoms with Gasteiger partial charge in [-0.25, -0.2) is 4.68 Å².